The number of rotatable bonds is 3. The highest BCUT2D eigenvalue weighted by molar-refractivity contribution is 9.10. The van der Waals surface area contributed by atoms with Gasteiger partial charge in [0.15, 0.2) is 0 Å². The lowest BCUT2D eigenvalue weighted by Gasteiger charge is -2.13. The monoisotopic (exact) mass is 306 g/mol. The molecule has 0 spiro atoms. The van der Waals surface area contributed by atoms with E-state index in [1.165, 1.54) is 5.56 Å². The highest BCUT2D eigenvalue weighted by Crippen LogP contribution is 2.33. The van der Waals surface area contributed by atoms with Gasteiger partial charge in [-0.05, 0) is 52.7 Å². The molecular weight excluding hydrogens is 292 g/mol. The van der Waals surface area contributed by atoms with Crippen LogP contribution in [0.4, 0.5) is 17.1 Å². The van der Waals surface area contributed by atoms with Gasteiger partial charge in [-0.1, -0.05) is 12.1 Å². The number of benzene rings is 2. The molecule has 2 rings (SSSR count). The Bertz CT molecular complexity index is 570. The topological polar surface area (TPSA) is 47.3 Å². The maximum Gasteiger partial charge on any atom is 0.143 e. The van der Waals surface area contributed by atoms with Crippen LogP contribution < -0.4 is 15.8 Å². The van der Waals surface area contributed by atoms with E-state index in [1.54, 1.807) is 7.11 Å². The van der Waals surface area contributed by atoms with Gasteiger partial charge in [-0.15, -0.1) is 0 Å². The highest BCUT2D eigenvalue weighted by atomic mass is 79.9. The SMILES string of the molecule is COc1cccc(Nc2ccc(C)cc2Br)c1N. The van der Waals surface area contributed by atoms with E-state index in [0.29, 0.717) is 11.4 Å². The molecule has 18 heavy (non-hydrogen) atoms. The number of aryl methyl sites for hydroxylation is 1. The number of nitrogens with one attached hydrogen (secondary N) is 1. The van der Waals surface area contributed by atoms with Crippen LogP contribution in [0.5, 0.6) is 5.75 Å². The molecule has 2 aromatic carbocycles. The fourth-order valence-electron chi connectivity index (χ4n) is 1.70. The molecule has 0 radical (unpaired) electrons. The van der Waals surface area contributed by atoms with Gasteiger partial charge in [0.2, 0.25) is 0 Å². The third-order valence-electron chi connectivity index (χ3n) is 2.68. The molecule has 2 aromatic rings. The third-order valence-corrected chi connectivity index (χ3v) is 3.34. The fraction of sp³-hybridized carbons (Fsp3) is 0.143. The minimum Gasteiger partial charge on any atom is -0.495 e. The Hall–Kier alpha value is -1.68. The molecule has 3 nitrogen and oxygen atoms in total. The Morgan fingerprint density at radius 1 is 1.17 bits per heavy atom. The van der Waals surface area contributed by atoms with E-state index in [2.05, 4.69) is 34.2 Å². The van der Waals surface area contributed by atoms with Crippen LogP contribution in [0.15, 0.2) is 40.9 Å². The number of hydrogen-bond acceptors (Lipinski definition) is 3. The van der Waals surface area contributed by atoms with E-state index in [4.69, 9.17) is 10.5 Å². The summed E-state index contributed by atoms with van der Waals surface area (Å²) in [5.74, 6) is 0.670. The van der Waals surface area contributed by atoms with Gasteiger partial charge in [0.25, 0.3) is 0 Å². The number of para-hydroxylation sites is 1. The molecule has 0 atom stereocenters. The molecule has 0 aliphatic carbocycles. The lowest BCUT2D eigenvalue weighted by atomic mass is 10.2. The Labute approximate surface area is 115 Å². The first-order valence-corrected chi connectivity index (χ1v) is 6.37. The van der Waals surface area contributed by atoms with E-state index in [0.717, 1.165) is 15.8 Å². The molecule has 3 N–H and O–H groups in total. The first kappa shape index (κ1) is 12.8. The van der Waals surface area contributed by atoms with Gasteiger partial charge in [-0.3, -0.25) is 0 Å². The second-order valence-corrected chi connectivity index (χ2v) is 4.88. The molecule has 4 heteroatoms. The lowest BCUT2D eigenvalue weighted by molar-refractivity contribution is 0.417. The Morgan fingerprint density at radius 3 is 2.61 bits per heavy atom. The Kier molecular flexibility index (Phi) is 3.77. The van der Waals surface area contributed by atoms with Gasteiger partial charge >= 0.3 is 0 Å². The molecule has 0 aliphatic rings. The van der Waals surface area contributed by atoms with Crippen molar-refractivity contribution in [2.75, 3.05) is 18.2 Å². The summed E-state index contributed by atoms with van der Waals surface area (Å²) < 4.78 is 6.20. The lowest BCUT2D eigenvalue weighted by Crippen LogP contribution is -1.99. The molecule has 0 saturated heterocycles. The van der Waals surface area contributed by atoms with E-state index >= 15 is 0 Å². The molecule has 0 amide bonds. The smallest absolute Gasteiger partial charge is 0.143 e. The summed E-state index contributed by atoms with van der Waals surface area (Å²) in [6.45, 7) is 2.05. The second kappa shape index (κ2) is 5.31. The highest BCUT2D eigenvalue weighted by Gasteiger charge is 2.07. The Morgan fingerprint density at radius 2 is 1.94 bits per heavy atom. The standard InChI is InChI=1S/C14H15BrN2O/c1-9-6-7-11(10(15)8-9)17-12-4-3-5-13(18-2)14(12)16/h3-8,17H,16H2,1-2H3. The second-order valence-electron chi connectivity index (χ2n) is 4.03. The van der Waals surface area contributed by atoms with Gasteiger partial charge in [0, 0.05) is 4.47 Å². The maximum atomic E-state index is 6.02. The van der Waals surface area contributed by atoms with Crippen LogP contribution in [0.3, 0.4) is 0 Å². The minimum absolute atomic E-state index is 0.604. The van der Waals surface area contributed by atoms with Gasteiger partial charge in [0.1, 0.15) is 5.75 Å². The van der Waals surface area contributed by atoms with Gasteiger partial charge in [-0.25, -0.2) is 0 Å². The average molecular weight is 307 g/mol. The van der Waals surface area contributed by atoms with Crippen LogP contribution in [0.2, 0.25) is 0 Å². The van der Waals surface area contributed by atoms with Crippen molar-refractivity contribution in [1.82, 2.24) is 0 Å². The summed E-state index contributed by atoms with van der Waals surface area (Å²) >= 11 is 3.53. The van der Waals surface area contributed by atoms with E-state index in [-0.39, 0.29) is 0 Å². The minimum atomic E-state index is 0.604. The largest absolute Gasteiger partial charge is 0.495 e. The molecule has 0 bridgehead atoms. The molecule has 0 heterocycles. The van der Waals surface area contributed by atoms with Gasteiger partial charge in [-0.2, -0.15) is 0 Å². The number of hydrogen-bond donors (Lipinski definition) is 2. The number of halogens is 1. The molecule has 0 aromatic heterocycles. The van der Waals surface area contributed by atoms with Crippen molar-refractivity contribution >= 4 is 33.0 Å². The van der Waals surface area contributed by atoms with Crippen LogP contribution in [-0.4, -0.2) is 7.11 Å². The summed E-state index contributed by atoms with van der Waals surface area (Å²) in [6, 6.07) is 11.8. The third kappa shape index (κ3) is 2.59. The van der Waals surface area contributed by atoms with Crippen molar-refractivity contribution in [3.8, 4) is 5.75 Å². The van der Waals surface area contributed by atoms with E-state index in [9.17, 15) is 0 Å². The molecular formula is C14H15BrN2O. The Balaban J connectivity index is 2.34. The summed E-state index contributed by atoms with van der Waals surface area (Å²) in [5.41, 5.74) is 9.63. The summed E-state index contributed by atoms with van der Waals surface area (Å²) in [6.07, 6.45) is 0. The first-order chi connectivity index (χ1) is 8.61. The predicted octanol–water partition coefficient (Wildman–Crippen LogP) is 4.09. The number of methoxy groups -OCH3 is 1. The van der Waals surface area contributed by atoms with Crippen molar-refractivity contribution in [2.24, 2.45) is 0 Å². The summed E-state index contributed by atoms with van der Waals surface area (Å²) in [5, 5.41) is 3.29. The fourth-order valence-corrected chi connectivity index (χ4v) is 2.29. The van der Waals surface area contributed by atoms with Crippen molar-refractivity contribution in [3.63, 3.8) is 0 Å². The first-order valence-electron chi connectivity index (χ1n) is 5.57. The van der Waals surface area contributed by atoms with Crippen molar-refractivity contribution in [2.45, 2.75) is 6.92 Å². The van der Waals surface area contributed by atoms with Gasteiger partial charge < -0.3 is 15.8 Å². The molecule has 0 unspecified atom stereocenters. The number of ether oxygens (including phenoxy) is 1. The number of anilines is 3. The molecule has 0 saturated carbocycles. The quantitative estimate of drug-likeness (QED) is 0.840. The zero-order chi connectivity index (χ0) is 13.1. The summed E-state index contributed by atoms with van der Waals surface area (Å²) in [4.78, 5) is 0. The van der Waals surface area contributed by atoms with Crippen LogP contribution in [0.1, 0.15) is 5.56 Å². The van der Waals surface area contributed by atoms with Crippen LogP contribution in [0, 0.1) is 6.92 Å². The van der Waals surface area contributed by atoms with Crippen LogP contribution in [-0.2, 0) is 0 Å². The van der Waals surface area contributed by atoms with E-state index in [1.807, 2.05) is 30.3 Å². The predicted molar refractivity (Wildman–Crippen MR) is 79.6 cm³/mol. The van der Waals surface area contributed by atoms with Crippen LogP contribution in [0.25, 0.3) is 0 Å². The van der Waals surface area contributed by atoms with Gasteiger partial charge in [0.05, 0.1) is 24.2 Å². The molecule has 0 aliphatic heterocycles. The number of nitrogens with two attached hydrogens (primary N) is 1. The van der Waals surface area contributed by atoms with Crippen molar-refractivity contribution in [3.05, 3.63) is 46.4 Å². The normalized spacial score (nSPS) is 10.2. The van der Waals surface area contributed by atoms with E-state index < -0.39 is 0 Å². The maximum absolute atomic E-state index is 6.02. The van der Waals surface area contributed by atoms with Crippen LogP contribution >= 0.6 is 15.9 Å². The zero-order valence-electron chi connectivity index (χ0n) is 10.3. The molecule has 0 fully saturated rings. The van der Waals surface area contributed by atoms with Crippen molar-refractivity contribution < 1.29 is 4.74 Å². The molecule has 94 valence electrons. The summed E-state index contributed by atoms with van der Waals surface area (Å²) in [7, 11) is 1.61. The zero-order valence-corrected chi connectivity index (χ0v) is 11.9. The van der Waals surface area contributed by atoms with Crippen molar-refractivity contribution in [1.29, 1.82) is 0 Å². The number of nitrogen functional groups attached to an aromatic ring is 1. The average Bonchev–Trinajstić information content (AvgIpc) is 2.35.